The number of ether oxygens (including phenoxy) is 1. The monoisotopic (exact) mass is 414 g/mol. The molecule has 1 aromatic heterocycles. The smallest absolute Gasteiger partial charge is 0.323 e. The van der Waals surface area contributed by atoms with Gasteiger partial charge < -0.3 is 15.4 Å². The van der Waals surface area contributed by atoms with Gasteiger partial charge in [0.1, 0.15) is 11.6 Å². The lowest BCUT2D eigenvalue weighted by atomic mass is 10.1. The van der Waals surface area contributed by atoms with E-state index in [1.165, 1.54) is 0 Å². The number of anilines is 2. The van der Waals surface area contributed by atoms with Crippen LogP contribution in [0.1, 0.15) is 11.4 Å². The molecule has 4 rings (SSSR count). The molecule has 4 aromatic rings. The van der Waals surface area contributed by atoms with Crippen molar-refractivity contribution in [2.45, 2.75) is 13.8 Å². The van der Waals surface area contributed by atoms with Gasteiger partial charge in [0.25, 0.3) is 5.56 Å². The van der Waals surface area contributed by atoms with Crippen LogP contribution in [-0.4, -0.2) is 22.7 Å². The van der Waals surface area contributed by atoms with Crippen molar-refractivity contribution in [3.8, 4) is 11.4 Å². The maximum Gasteiger partial charge on any atom is 0.323 e. The molecule has 0 saturated heterocycles. The Balaban J connectivity index is 1.59. The minimum atomic E-state index is -0.371. The van der Waals surface area contributed by atoms with Crippen molar-refractivity contribution < 1.29 is 9.53 Å². The fraction of sp³-hybridized carbons (Fsp3) is 0.125. The van der Waals surface area contributed by atoms with E-state index in [0.717, 1.165) is 5.56 Å². The maximum absolute atomic E-state index is 13.0. The number of urea groups is 1. The van der Waals surface area contributed by atoms with Gasteiger partial charge >= 0.3 is 6.03 Å². The summed E-state index contributed by atoms with van der Waals surface area (Å²) in [6.07, 6.45) is 0. The van der Waals surface area contributed by atoms with E-state index in [-0.39, 0.29) is 11.6 Å². The van der Waals surface area contributed by atoms with Crippen molar-refractivity contribution in [3.63, 3.8) is 0 Å². The topological polar surface area (TPSA) is 85.2 Å². The highest BCUT2D eigenvalue weighted by Crippen LogP contribution is 2.21. The Labute approximate surface area is 179 Å². The van der Waals surface area contributed by atoms with E-state index in [1.807, 2.05) is 31.2 Å². The number of para-hydroxylation sites is 1. The van der Waals surface area contributed by atoms with Crippen molar-refractivity contribution in [1.29, 1.82) is 0 Å². The Morgan fingerprint density at radius 3 is 2.55 bits per heavy atom. The molecule has 3 aromatic carbocycles. The predicted octanol–water partition coefficient (Wildman–Crippen LogP) is 4.66. The standard InChI is InChI=1S/C24H22N4O3/c1-15-13-18(28-16(2)25-22-10-5-4-9-20(22)23(28)29)11-12-21(15)27-24(30)26-17-7-6-8-19(14-17)31-3/h4-14H,1-3H3,(H2,26,27,30). The molecular formula is C24H22N4O3. The number of rotatable bonds is 4. The number of carbonyl (C=O) groups excluding carboxylic acids is 1. The van der Waals surface area contributed by atoms with E-state index in [2.05, 4.69) is 15.6 Å². The molecule has 0 bridgehead atoms. The van der Waals surface area contributed by atoms with Gasteiger partial charge in [-0.3, -0.25) is 9.36 Å². The molecule has 0 aliphatic rings. The maximum atomic E-state index is 13.0. The summed E-state index contributed by atoms with van der Waals surface area (Å²) in [7, 11) is 1.57. The molecule has 31 heavy (non-hydrogen) atoms. The zero-order chi connectivity index (χ0) is 22.0. The average molecular weight is 414 g/mol. The summed E-state index contributed by atoms with van der Waals surface area (Å²) >= 11 is 0. The number of benzene rings is 3. The van der Waals surface area contributed by atoms with Crippen LogP contribution in [0.15, 0.2) is 71.5 Å². The Hall–Kier alpha value is -4.13. The third-order valence-electron chi connectivity index (χ3n) is 4.99. The highest BCUT2D eigenvalue weighted by Gasteiger charge is 2.12. The highest BCUT2D eigenvalue weighted by atomic mass is 16.5. The van der Waals surface area contributed by atoms with Gasteiger partial charge in [0, 0.05) is 17.4 Å². The summed E-state index contributed by atoms with van der Waals surface area (Å²) in [5.74, 6) is 1.25. The Bertz CT molecular complexity index is 1340. The number of amides is 2. The van der Waals surface area contributed by atoms with Crippen molar-refractivity contribution in [1.82, 2.24) is 9.55 Å². The van der Waals surface area contributed by atoms with Crippen molar-refractivity contribution in [2.75, 3.05) is 17.7 Å². The fourth-order valence-corrected chi connectivity index (χ4v) is 3.46. The molecule has 2 N–H and O–H groups in total. The van der Waals surface area contributed by atoms with E-state index in [1.54, 1.807) is 61.1 Å². The van der Waals surface area contributed by atoms with Gasteiger partial charge in [-0.2, -0.15) is 0 Å². The summed E-state index contributed by atoms with van der Waals surface area (Å²) in [4.78, 5) is 30.0. The first-order valence-electron chi connectivity index (χ1n) is 9.78. The van der Waals surface area contributed by atoms with Crippen molar-refractivity contribution in [3.05, 3.63) is 88.5 Å². The van der Waals surface area contributed by atoms with Crippen molar-refractivity contribution in [2.24, 2.45) is 0 Å². The molecular weight excluding hydrogens is 392 g/mol. The number of methoxy groups -OCH3 is 1. The Morgan fingerprint density at radius 1 is 0.968 bits per heavy atom. The van der Waals surface area contributed by atoms with E-state index >= 15 is 0 Å². The Morgan fingerprint density at radius 2 is 1.77 bits per heavy atom. The van der Waals surface area contributed by atoms with Crippen molar-refractivity contribution >= 4 is 28.3 Å². The van der Waals surface area contributed by atoms with Crippen LogP contribution in [0, 0.1) is 13.8 Å². The van der Waals surface area contributed by atoms with Gasteiger partial charge in [0.05, 0.1) is 23.7 Å². The molecule has 0 unspecified atom stereocenters. The van der Waals surface area contributed by atoms with Gasteiger partial charge in [-0.15, -0.1) is 0 Å². The van der Waals surface area contributed by atoms with E-state index in [9.17, 15) is 9.59 Å². The molecule has 156 valence electrons. The molecule has 0 aliphatic carbocycles. The minimum absolute atomic E-state index is 0.126. The molecule has 0 aliphatic heterocycles. The number of hydrogen-bond acceptors (Lipinski definition) is 4. The summed E-state index contributed by atoms with van der Waals surface area (Å²) in [5.41, 5.74) is 3.32. The largest absolute Gasteiger partial charge is 0.497 e. The summed E-state index contributed by atoms with van der Waals surface area (Å²) in [6, 6.07) is 19.4. The summed E-state index contributed by atoms with van der Waals surface area (Å²) in [5, 5.41) is 6.18. The Kier molecular flexibility index (Phi) is 5.41. The molecule has 0 fully saturated rings. The van der Waals surface area contributed by atoms with Crippen LogP contribution < -0.4 is 20.9 Å². The molecule has 1 heterocycles. The van der Waals surface area contributed by atoms with Crippen LogP contribution in [0.2, 0.25) is 0 Å². The van der Waals surface area contributed by atoms with Gasteiger partial charge in [0.15, 0.2) is 0 Å². The van der Waals surface area contributed by atoms with Crippen LogP contribution in [0.25, 0.3) is 16.6 Å². The van der Waals surface area contributed by atoms with Crippen LogP contribution >= 0.6 is 0 Å². The average Bonchev–Trinajstić information content (AvgIpc) is 2.75. The fourth-order valence-electron chi connectivity index (χ4n) is 3.46. The summed E-state index contributed by atoms with van der Waals surface area (Å²) < 4.78 is 6.75. The predicted molar refractivity (Wildman–Crippen MR) is 122 cm³/mol. The number of nitrogens with one attached hydrogen (secondary N) is 2. The van der Waals surface area contributed by atoms with Gasteiger partial charge in [-0.05, 0) is 61.9 Å². The lowest BCUT2D eigenvalue weighted by Gasteiger charge is -2.14. The minimum Gasteiger partial charge on any atom is -0.497 e. The number of aromatic nitrogens is 2. The van der Waals surface area contributed by atoms with E-state index in [0.29, 0.717) is 39.5 Å². The lowest BCUT2D eigenvalue weighted by molar-refractivity contribution is 0.262. The quantitative estimate of drug-likeness (QED) is 0.509. The number of carbonyl (C=O) groups is 1. The highest BCUT2D eigenvalue weighted by molar-refractivity contribution is 6.00. The molecule has 7 nitrogen and oxygen atoms in total. The summed E-state index contributed by atoms with van der Waals surface area (Å²) in [6.45, 7) is 3.68. The first kappa shape index (κ1) is 20.2. The zero-order valence-electron chi connectivity index (χ0n) is 17.5. The third-order valence-corrected chi connectivity index (χ3v) is 4.99. The normalized spacial score (nSPS) is 10.7. The second kappa shape index (κ2) is 8.31. The van der Waals surface area contributed by atoms with Crippen LogP contribution in [0.5, 0.6) is 5.75 Å². The zero-order valence-corrected chi connectivity index (χ0v) is 17.5. The first-order chi connectivity index (χ1) is 15.0. The number of fused-ring (bicyclic) bond motifs is 1. The van der Waals surface area contributed by atoms with Crippen LogP contribution in [0.3, 0.4) is 0 Å². The number of nitrogens with zero attached hydrogens (tertiary/aromatic N) is 2. The van der Waals surface area contributed by atoms with Gasteiger partial charge in [-0.25, -0.2) is 9.78 Å². The SMILES string of the molecule is COc1cccc(NC(=O)Nc2ccc(-n3c(C)nc4ccccc4c3=O)cc2C)c1. The van der Waals surface area contributed by atoms with Crippen LogP contribution in [0.4, 0.5) is 16.2 Å². The molecule has 0 radical (unpaired) electrons. The van der Waals surface area contributed by atoms with Crippen LogP contribution in [-0.2, 0) is 0 Å². The molecule has 0 spiro atoms. The third kappa shape index (κ3) is 4.11. The first-order valence-corrected chi connectivity index (χ1v) is 9.78. The number of aryl methyl sites for hydroxylation is 2. The van der Waals surface area contributed by atoms with E-state index < -0.39 is 0 Å². The molecule has 7 heteroatoms. The lowest BCUT2D eigenvalue weighted by Crippen LogP contribution is -2.23. The number of hydrogen-bond donors (Lipinski definition) is 2. The molecule has 0 atom stereocenters. The van der Waals surface area contributed by atoms with Gasteiger partial charge in [-0.1, -0.05) is 18.2 Å². The molecule has 2 amide bonds. The second-order valence-electron chi connectivity index (χ2n) is 7.13. The van der Waals surface area contributed by atoms with E-state index in [4.69, 9.17) is 4.74 Å². The van der Waals surface area contributed by atoms with Gasteiger partial charge in [0.2, 0.25) is 0 Å². The molecule has 0 saturated carbocycles. The second-order valence-corrected chi connectivity index (χ2v) is 7.13.